The molecule has 0 saturated heterocycles. The van der Waals surface area contributed by atoms with Crippen molar-refractivity contribution in [2.45, 2.75) is 19.4 Å². The summed E-state index contributed by atoms with van der Waals surface area (Å²) in [6.45, 7) is 2.10. The smallest absolute Gasteiger partial charge is 0.266 e. The average Bonchev–Trinajstić information content (AvgIpc) is 2.62. The van der Waals surface area contributed by atoms with Gasteiger partial charge in [-0.25, -0.2) is 0 Å². The van der Waals surface area contributed by atoms with Crippen LogP contribution in [0.1, 0.15) is 13.3 Å². The summed E-state index contributed by atoms with van der Waals surface area (Å²) in [7, 11) is 1.41. The van der Waals surface area contributed by atoms with Crippen molar-refractivity contribution in [3.05, 3.63) is 0 Å². The van der Waals surface area contributed by atoms with Crippen LogP contribution in [0.15, 0.2) is 5.16 Å². The van der Waals surface area contributed by atoms with Gasteiger partial charge in [0.2, 0.25) is 0 Å². The Kier molecular flexibility index (Phi) is 2.46. The minimum absolute atomic E-state index is 0.179. The summed E-state index contributed by atoms with van der Waals surface area (Å²) in [5.41, 5.74) is 0. The molecule has 0 aromatic heterocycles. The Morgan fingerprint density at radius 3 is 2.91 bits per heavy atom. The molecule has 4 heteroatoms. The van der Waals surface area contributed by atoms with E-state index in [9.17, 15) is 4.79 Å². The highest BCUT2D eigenvalue weighted by atomic mass is 16.6. The molecule has 1 aliphatic carbocycles. The van der Waals surface area contributed by atoms with Crippen LogP contribution in [0, 0.1) is 5.92 Å². The van der Waals surface area contributed by atoms with Crippen molar-refractivity contribution >= 4 is 12.1 Å². The summed E-state index contributed by atoms with van der Waals surface area (Å²) in [4.78, 5) is 15.2. The molecule has 2 atom stereocenters. The van der Waals surface area contributed by atoms with Crippen LogP contribution in [0.25, 0.3) is 0 Å². The normalized spacial score (nSPS) is 28.5. The fourth-order valence-electron chi connectivity index (χ4n) is 0.844. The van der Waals surface area contributed by atoms with Gasteiger partial charge in [0, 0.05) is 6.04 Å². The zero-order valence-electron chi connectivity index (χ0n) is 6.70. The maximum absolute atomic E-state index is 10.9. The van der Waals surface area contributed by atoms with Crippen LogP contribution in [0.3, 0.4) is 0 Å². The first-order valence-corrected chi connectivity index (χ1v) is 3.61. The molecular weight excluding hydrogens is 144 g/mol. The predicted molar refractivity (Wildman–Crippen MR) is 41.2 cm³/mol. The zero-order valence-corrected chi connectivity index (χ0v) is 6.70. The van der Waals surface area contributed by atoms with Gasteiger partial charge in [0.25, 0.3) is 5.91 Å². The monoisotopic (exact) mass is 156 g/mol. The highest BCUT2D eigenvalue weighted by molar-refractivity contribution is 6.26. The Morgan fingerprint density at radius 1 is 1.82 bits per heavy atom. The molecule has 2 unspecified atom stereocenters. The van der Waals surface area contributed by atoms with E-state index in [1.165, 1.54) is 7.11 Å². The molecule has 0 bridgehead atoms. The molecule has 1 N–H and O–H groups in total. The van der Waals surface area contributed by atoms with Gasteiger partial charge in [0.15, 0.2) is 0 Å². The van der Waals surface area contributed by atoms with Gasteiger partial charge in [-0.1, -0.05) is 12.1 Å². The van der Waals surface area contributed by atoms with Gasteiger partial charge < -0.3 is 10.2 Å². The number of oxime groups is 1. The molecule has 1 rings (SSSR count). The minimum atomic E-state index is -0.179. The van der Waals surface area contributed by atoms with Crippen LogP contribution in [0.4, 0.5) is 0 Å². The van der Waals surface area contributed by atoms with Crippen molar-refractivity contribution in [1.82, 2.24) is 5.32 Å². The number of nitrogens with one attached hydrogen (secondary N) is 1. The highest BCUT2D eigenvalue weighted by Gasteiger charge is 2.33. The minimum Gasteiger partial charge on any atom is -0.399 e. The third-order valence-electron chi connectivity index (χ3n) is 1.71. The summed E-state index contributed by atoms with van der Waals surface area (Å²) < 4.78 is 0. The molecule has 62 valence electrons. The van der Waals surface area contributed by atoms with Crippen molar-refractivity contribution in [1.29, 1.82) is 0 Å². The first kappa shape index (κ1) is 8.04. The molecule has 0 heterocycles. The second kappa shape index (κ2) is 3.37. The first-order chi connectivity index (χ1) is 5.24. The number of rotatable bonds is 3. The molecular formula is C7H12N2O2. The molecule has 1 fully saturated rings. The second-order valence-corrected chi connectivity index (χ2v) is 2.75. The lowest BCUT2D eigenvalue weighted by molar-refractivity contribution is -0.114. The lowest BCUT2D eigenvalue weighted by Gasteiger charge is -1.96. The zero-order chi connectivity index (χ0) is 8.27. The van der Waals surface area contributed by atoms with Crippen LogP contribution >= 0.6 is 0 Å². The molecule has 11 heavy (non-hydrogen) atoms. The van der Waals surface area contributed by atoms with E-state index < -0.39 is 0 Å². The topological polar surface area (TPSA) is 50.7 Å². The van der Waals surface area contributed by atoms with Crippen LogP contribution in [0.2, 0.25) is 0 Å². The van der Waals surface area contributed by atoms with Crippen LogP contribution in [-0.2, 0) is 9.63 Å². The fourth-order valence-corrected chi connectivity index (χ4v) is 0.844. The summed E-state index contributed by atoms with van der Waals surface area (Å²) in [5.74, 6) is 0.441. The number of carbonyl (C=O) groups is 1. The Balaban J connectivity index is 2.16. The molecule has 1 amide bonds. The van der Waals surface area contributed by atoms with Gasteiger partial charge in [-0.15, -0.1) is 0 Å². The third-order valence-corrected chi connectivity index (χ3v) is 1.71. The van der Waals surface area contributed by atoms with E-state index >= 15 is 0 Å². The molecule has 4 nitrogen and oxygen atoms in total. The van der Waals surface area contributed by atoms with E-state index in [1.54, 1.807) is 0 Å². The van der Waals surface area contributed by atoms with Crippen LogP contribution in [0.5, 0.6) is 0 Å². The summed E-state index contributed by atoms with van der Waals surface area (Å²) in [5, 5.41) is 6.11. The van der Waals surface area contributed by atoms with Crippen LogP contribution in [-0.4, -0.2) is 25.3 Å². The van der Waals surface area contributed by atoms with Crippen molar-refractivity contribution in [2.75, 3.05) is 7.11 Å². The van der Waals surface area contributed by atoms with Crippen LogP contribution < -0.4 is 5.32 Å². The Morgan fingerprint density at radius 2 is 2.45 bits per heavy atom. The molecule has 0 aromatic rings. The number of hydrogen-bond acceptors (Lipinski definition) is 3. The van der Waals surface area contributed by atoms with Crippen molar-refractivity contribution in [3.8, 4) is 0 Å². The molecule has 1 saturated carbocycles. The third kappa shape index (κ3) is 2.57. The van der Waals surface area contributed by atoms with Gasteiger partial charge in [0.1, 0.15) is 13.3 Å². The number of amides is 1. The highest BCUT2D eigenvalue weighted by Crippen LogP contribution is 2.28. The number of hydrogen-bond donors (Lipinski definition) is 1. The molecule has 0 spiro atoms. The van der Waals surface area contributed by atoms with Gasteiger partial charge in [-0.3, -0.25) is 4.79 Å². The Bertz CT molecular complexity index is 179. The van der Waals surface area contributed by atoms with Gasteiger partial charge in [-0.2, -0.15) is 0 Å². The quantitative estimate of drug-likeness (QED) is 0.467. The molecule has 0 radical (unpaired) electrons. The predicted octanol–water partition coefficient (Wildman–Crippen LogP) is 0.143. The van der Waals surface area contributed by atoms with Gasteiger partial charge in [0.05, 0.1) is 0 Å². The van der Waals surface area contributed by atoms with E-state index in [0.29, 0.717) is 12.0 Å². The van der Waals surface area contributed by atoms with Crippen molar-refractivity contribution < 1.29 is 9.63 Å². The van der Waals surface area contributed by atoms with E-state index in [0.717, 1.165) is 12.6 Å². The standard InChI is InChI=1S/C7H12N2O2/c1-5-3-6(5)9-7(10)4-8-11-2/h4-6H,3H2,1-2H3,(H,9,10)/b8-4+. The fraction of sp³-hybridized carbons (Fsp3) is 0.714. The lowest BCUT2D eigenvalue weighted by Crippen LogP contribution is -2.27. The van der Waals surface area contributed by atoms with Crippen molar-refractivity contribution in [2.24, 2.45) is 11.1 Å². The number of carbonyl (C=O) groups excluding carboxylic acids is 1. The van der Waals surface area contributed by atoms with E-state index in [2.05, 4.69) is 22.2 Å². The average molecular weight is 156 g/mol. The number of nitrogens with zero attached hydrogens (tertiary/aromatic N) is 1. The van der Waals surface area contributed by atoms with Crippen molar-refractivity contribution in [3.63, 3.8) is 0 Å². The first-order valence-electron chi connectivity index (χ1n) is 3.61. The van der Waals surface area contributed by atoms with Gasteiger partial charge in [-0.05, 0) is 12.3 Å². The molecule has 0 aromatic carbocycles. The maximum Gasteiger partial charge on any atom is 0.266 e. The summed E-state index contributed by atoms with van der Waals surface area (Å²) >= 11 is 0. The lowest BCUT2D eigenvalue weighted by atomic mass is 10.5. The second-order valence-electron chi connectivity index (χ2n) is 2.75. The SMILES string of the molecule is CO/N=C/C(=O)NC1CC1C. The summed E-state index contributed by atoms with van der Waals surface area (Å²) in [6, 6.07) is 0.353. The largest absolute Gasteiger partial charge is 0.399 e. The Hall–Kier alpha value is -1.06. The van der Waals surface area contributed by atoms with E-state index in [4.69, 9.17) is 0 Å². The van der Waals surface area contributed by atoms with Gasteiger partial charge >= 0.3 is 0 Å². The van der Waals surface area contributed by atoms with E-state index in [-0.39, 0.29) is 5.91 Å². The Labute approximate surface area is 65.6 Å². The maximum atomic E-state index is 10.9. The molecule has 0 aliphatic heterocycles. The summed E-state index contributed by atoms with van der Waals surface area (Å²) in [6.07, 6.45) is 2.22. The molecule has 1 aliphatic rings. The van der Waals surface area contributed by atoms with E-state index in [1.807, 2.05) is 0 Å².